The van der Waals surface area contributed by atoms with Crippen LogP contribution in [-0.4, -0.2) is 26.0 Å². The van der Waals surface area contributed by atoms with Crippen molar-refractivity contribution in [3.8, 4) is 11.5 Å². The molecule has 0 aliphatic rings. The number of halogens is 1. The summed E-state index contributed by atoms with van der Waals surface area (Å²) in [6.07, 6.45) is 4.50. The molecule has 0 spiro atoms. The molecule has 0 saturated heterocycles. The Bertz CT molecular complexity index is 1100. The minimum Gasteiger partial charge on any atom is -0.339 e. The van der Waals surface area contributed by atoms with Gasteiger partial charge in [0.25, 0.3) is 0 Å². The molecule has 0 atom stereocenters. The van der Waals surface area contributed by atoms with Crippen molar-refractivity contribution < 1.29 is 13.7 Å². The predicted molar refractivity (Wildman–Crippen MR) is 106 cm³/mol. The highest BCUT2D eigenvalue weighted by molar-refractivity contribution is 7.15. The molecule has 4 aromatic rings. The molecule has 4 rings (SSSR count). The van der Waals surface area contributed by atoms with Gasteiger partial charge in [-0.2, -0.15) is 4.98 Å². The van der Waals surface area contributed by atoms with Gasteiger partial charge in [-0.05, 0) is 29.8 Å². The first-order valence-electron chi connectivity index (χ1n) is 8.89. The van der Waals surface area contributed by atoms with E-state index in [0.717, 1.165) is 10.4 Å². The van der Waals surface area contributed by atoms with Crippen molar-refractivity contribution >= 4 is 22.4 Å². The van der Waals surface area contributed by atoms with E-state index in [9.17, 15) is 9.18 Å². The van der Waals surface area contributed by atoms with Crippen LogP contribution in [0.3, 0.4) is 0 Å². The molecule has 1 amide bonds. The van der Waals surface area contributed by atoms with Crippen molar-refractivity contribution in [1.82, 2.24) is 20.1 Å². The summed E-state index contributed by atoms with van der Waals surface area (Å²) in [7, 11) is 0. The Morgan fingerprint density at radius 3 is 2.79 bits per heavy atom. The number of carbonyl (C=O) groups excluding carboxylic acids is 1. The number of carbonyl (C=O) groups is 1. The Morgan fingerprint density at radius 2 is 2.00 bits per heavy atom. The fraction of sp³-hybridized carbons (Fsp3) is 0.150. The number of thiazole rings is 1. The van der Waals surface area contributed by atoms with E-state index in [1.165, 1.54) is 23.5 Å². The van der Waals surface area contributed by atoms with Crippen LogP contribution < -0.4 is 5.32 Å². The third-order valence-corrected chi connectivity index (χ3v) is 4.93. The molecule has 0 aliphatic heterocycles. The number of rotatable bonds is 7. The molecule has 0 fully saturated rings. The quantitative estimate of drug-likeness (QED) is 0.498. The standard InChI is InChI=1S/C20H16FN5O2S/c21-14-6-4-13(5-7-14)11-15-12-23-20(29-15)24-17(27)8-9-18-25-19(26-28-18)16-3-1-2-10-22-16/h1-7,10,12H,8-9,11H2,(H,23,24,27). The highest BCUT2D eigenvalue weighted by Crippen LogP contribution is 2.21. The number of anilines is 1. The molecule has 0 radical (unpaired) electrons. The molecular weight excluding hydrogens is 393 g/mol. The number of pyridine rings is 1. The fourth-order valence-corrected chi connectivity index (χ4v) is 3.47. The zero-order chi connectivity index (χ0) is 20.1. The van der Waals surface area contributed by atoms with E-state index in [2.05, 4.69) is 25.4 Å². The van der Waals surface area contributed by atoms with Crippen LogP contribution in [0.4, 0.5) is 9.52 Å². The van der Waals surface area contributed by atoms with E-state index in [1.807, 2.05) is 6.07 Å². The smallest absolute Gasteiger partial charge is 0.227 e. The van der Waals surface area contributed by atoms with Crippen LogP contribution in [0, 0.1) is 5.82 Å². The number of nitrogens with one attached hydrogen (secondary N) is 1. The molecule has 3 aromatic heterocycles. The second-order valence-electron chi connectivity index (χ2n) is 6.21. The van der Waals surface area contributed by atoms with Crippen LogP contribution in [0.2, 0.25) is 0 Å². The third-order valence-electron chi connectivity index (χ3n) is 4.02. The Hall–Kier alpha value is -3.46. The van der Waals surface area contributed by atoms with Crippen LogP contribution in [-0.2, 0) is 17.6 Å². The molecule has 146 valence electrons. The predicted octanol–water partition coefficient (Wildman–Crippen LogP) is 3.89. The number of aryl methyl sites for hydroxylation is 1. The van der Waals surface area contributed by atoms with E-state index < -0.39 is 0 Å². The van der Waals surface area contributed by atoms with Crippen molar-refractivity contribution in [2.75, 3.05) is 5.32 Å². The van der Waals surface area contributed by atoms with Gasteiger partial charge in [0.1, 0.15) is 11.5 Å². The fourth-order valence-electron chi connectivity index (χ4n) is 2.61. The summed E-state index contributed by atoms with van der Waals surface area (Å²) in [6, 6.07) is 11.7. The molecule has 0 bridgehead atoms. The first-order valence-corrected chi connectivity index (χ1v) is 9.70. The molecule has 3 heterocycles. The third kappa shape index (κ3) is 5.08. The Kier molecular flexibility index (Phi) is 5.66. The van der Waals surface area contributed by atoms with E-state index >= 15 is 0 Å². The molecular formula is C20H16FN5O2S. The lowest BCUT2D eigenvalue weighted by atomic mass is 10.1. The average molecular weight is 409 g/mol. The van der Waals surface area contributed by atoms with Crippen LogP contribution in [0.5, 0.6) is 0 Å². The maximum Gasteiger partial charge on any atom is 0.227 e. The Labute approximate surface area is 169 Å². The van der Waals surface area contributed by atoms with E-state index in [-0.39, 0.29) is 18.1 Å². The van der Waals surface area contributed by atoms with Gasteiger partial charge in [-0.25, -0.2) is 9.37 Å². The van der Waals surface area contributed by atoms with Gasteiger partial charge >= 0.3 is 0 Å². The largest absolute Gasteiger partial charge is 0.339 e. The lowest BCUT2D eigenvalue weighted by Gasteiger charge is -1.99. The molecule has 1 aromatic carbocycles. The Balaban J connectivity index is 1.28. The number of aromatic nitrogens is 4. The molecule has 0 unspecified atom stereocenters. The summed E-state index contributed by atoms with van der Waals surface area (Å²) >= 11 is 1.39. The van der Waals surface area contributed by atoms with Gasteiger partial charge in [0.2, 0.25) is 17.6 Å². The number of benzene rings is 1. The van der Waals surface area contributed by atoms with Crippen molar-refractivity contribution in [3.05, 3.63) is 77.0 Å². The van der Waals surface area contributed by atoms with Gasteiger partial charge in [0, 0.05) is 36.5 Å². The first kappa shape index (κ1) is 18.9. The van der Waals surface area contributed by atoms with Gasteiger partial charge in [-0.3, -0.25) is 9.78 Å². The minimum absolute atomic E-state index is 0.190. The Morgan fingerprint density at radius 1 is 1.14 bits per heavy atom. The van der Waals surface area contributed by atoms with Crippen molar-refractivity contribution in [3.63, 3.8) is 0 Å². The van der Waals surface area contributed by atoms with E-state index in [1.54, 1.807) is 36.7 Å². The highest BCUT2D eigenvalue weighted by Gasteiger charge is 2.12. The summed E-state index contributed by atoms with van der Waals surface area (Å²) in [5.41, 5.74) is 1.59. The second-order valence-corrected chi connectivity index (χ2v) is 7.33. The highest BCUT2D eigenvalue weighted by atomic mass is 32.1. The summed E-state index contributed by atoms with van der Waals surface area (Å²) in [4.78, 5) is 25.8. The van der Waals surface area contributed by atoms with E-state index in [0.29, 0.717) is 35.4 Å². The van der Waals surface area contributed by atoms with Crippen LogP contribution in [0.15, 0.2) is 59.4 Å². The van der Waals surface area contributed by atoms with Crippen LogP contribution >= 0.6 is 11.3 Å². The summed E-state index contributed by atoms with van der Waals surface area (Å²) in [5.74, 6) is 0.313. The molecule has 9 heteroatoms. The first-order chi connectivity index (χ1) is 14.2. The van der Waals surface area contributed by atoms with E-state index in [4.69, 9.17) is 4.52 Å². The lowest BCUT2D eigenvalue weighted by molar-refractivity contribution is -0.116. The summed E-state index contributed by atoms with van der Waals surface area (Å²) in [6.45, 7) is 0. The molecule has 29 heavy (non-hydrogen) atoms. The zero-order valence-electron chi connectivity index (χ0n) is 15.2. The van der Waals surface area contributed by atoms with Crippen molar-refractivity contribution in [2.45, 2.75) is 19.3 Å². The summed E-state index contributed by atoms with van der Waals surface area (Å²) in [5, 5.41) is 7.18. The average Bonchev–Trinajstić information content (AvgIpc) is 3.38. The maximum absolute atomic E-state index is 13.0. The lowest BCUT2D eigenvalue weighted by Crippen LogP contribution is -2.12. The molecule has 1 N–H and O–H groups in total. The molecule has 0 saturated carbocycles. The van der Waals surface area contributed by atoms with Crippen LogP contribution in [0.1, 0.15) is 22.8 Å². The normalized spacial score (nSPS) is 10.8. The van der Waals surface area contributed by atoms with Gasteiger partial charge in [0.05, 0.1) is 0 Å². The minimum atomic E-state index is -0.264. The van der Waals surface area contributed by atoms with Crippen molar-refractivity contribution in [1.29, 1.82) is 0 Å². The maximum atomic E-state index is 13.0. The molecule has 7 nitrogen and oxygen atoms in total. The number of nitrogens with zero attached hydrogens (tertiary/aromatic N) is 4. The zero-order valence-corrected chi connectivity index (χ0v) is 16.0. The monoisotopic (exact) mass is 409 g/mol. The van der Waals surface area contributed by atoms with Gasteiger partial charge in [0.15, 0.2) is 5.13 Å². The van der Waals surface area contributed by atoms with Crippen molar-refractivity contribution in [2.24, 2.45) is 0 Å². The second kappa shape index (κ2) is 8.70. The number of hydrogen-bond acceptors (Lipinski definition) is 7. The summed E-state index contributed by atoms with van der Waals surface area (Å²) < 4.78 is 18.2. The van der Waals surface area contributed by atoms with Gasteiger partial charge in [-0.15, -0.1) is 11.3 Å². The van der Waals surface area contributed by atoms with Crippen LogP contribution in [0.25, 0.3) is 11.5 Å². The number of hydrogen-bond donors (Lipinski definition) is 1. The topological polar surface area (TPSA) is 93.8 Å². The SMILES string of the molecule is O=C(CCc1nc(-c2ccccn2)no1)Nc1ncc(Cc2ccc(F)cc2)s1. The number of amides is 1. The van der Waals surface area contributed by atoms with Gasteiger partial charge < -0.3 is 9.84 Å². The molecule has 0 aliphatic carbocycles. The van der Waals surface area contributed by atoms with Gasteiger partial charge in [-0.1, -0.05) is 23.4 Å².